The molecule has 0 saturated carbocycles. The molecule has 1 saturated heterocycles. The van der Waals surface area contributed by atoms with Gasteiger partial charge in [0.1, 0.15) is 0 Å². The summed E-state index contributed by atoms with van der Waals surface area (Å²) >= 11 is 0. The lowest BCUT2D eigenvalue weighted by atomic mass is 10.2. The van der Waals surface area contributed by atoms with Crippen LogP contribution in [0.4, 0.5) is 5.82 Å². The lowest BCUT2D eigenvalue weighted by molar-refractivity contribution is 0.0821. The second kappa shape index (κ2) is 6.65. The third-order valence-electron chi connectivity index (χ3n) is 3.51. The van der Waals surface area contributed by atoms with Gasteiger partial charge in [0.25, 0.3) is 5.91 Å². The van der Waals surface area contributed by atoms with Gasteiger partial charge in [-0.15, -0.1) is 10.2 Å². The maximum Gasteiger partial charge on any atom is 0.273 e. The van der Waals surface area contributed by atoms with Crippen molar-refractivity contribution in [1.82, 2.24) is 20.4 Å². The number of nitrogens with zero attached hydrogens (tertiary/aromatic N) is 4. The van der Waals surface area contributed by atoms with Gasteiger partial charge in [0.2, 0.25) is 0 Å². The highest BCUT2D eigenvalue weighted by Gasteiger charge is 2.23. The van der Waals surface area contributed by atoms with Gasteiger partial charge in [-0.1, -0.05) is 6.92 Å². The quantitative estimate of drug-likeness (QED) is 0.861. The van der Waals surface area contributed by atoms with Gasteiger partial charge in [-0.2, -0.15) is 0 Å². The molecule has 0 aliphatic carbocycles. The van der Waals surface area contributed by atoms with Crippen molar-refractivity contribution in [1.29, 1.82) is 0 Å². The molecule has 1 fully saturated rings. The molecule has 110 valence electrons. The molecule has 1 amide bonds. The Labute approximate surface area is 120 Å². The number of aromatic nitrogens is 2. The first kappa shape index (κ1) is 14.7. The summed E-state index contributed by atoms with van der Waals surface area (Å²) in [6, 6.07) is 4.13. The van der Waals surface area contributed by atoms with Crippen LogP contribution in [0, 0.1) is 0 Å². The third-order valence-corrected chi connectivity index (χ3v) is 3.51. The minimum Gasteiger partial charge on any atom is -0.351 e. The number of anilines is 1. The van der Waals surface area contributed by atoms with Gasteiger partial charge in [-0.3, -0.25) is 4.79 Å². The van der Waals surface area contributed by atoms with Gasteiger partial charge in [0, 0.05) is 33.2 Å². The van der Waals surface area contributed by atoms with Crippen LogP contribution in [0.3, 0.4) is 0 Å². The number of nitrogens with one attached hydrogen (secondary N) is 1. The lowest BCUT2D eigenvalue weighted by Gasteiger charge is -2.28. The SMILES string of the molecule is CCCN(c1ccc(C(=O)N(C)C)nn1)C1CCNC1. The Hall–Kier alpha value is -1.69. The second-order valence-corrected chi connectivity index (χ2v) is 5.32. The Bertz CT molecular complexity index is 439. The summed E-state index contributed by atoms with van der Waals surface area (Å²) in [6.45, 7) is 5.16. The smallest absolute Gasteiger partial charge is 0.273 e. The molecule has 1 aromatic rings. The zero-order chi connectivity index (χ0) is 14.5. The molecule has 0 spiro atoms. The van der Waals surface area contributed by atoms with E-state index in [1.807, 2.05) is 6.07 Å². The maximum atomic E-state index is 11.8. The molecule has 1 atom stereocenters. The van der Waals surface area contributed by atoms with Crippen molar-refractivity contribution < 1.29 is 4.79 Å². The summed E-state index contributed by atoms with van der Waals surface area (Å²) in [5, 5.41) is 11.7. The van der Waals surface area contributed by atoms with Crippen LogP contribution in [-0.2, 0) is 0 Å². The molecule has 2 rings (SSSR count). The first-order valence-corrected chi connectivity index (χ1v) is 7.16. The number of amides is 1. The number of hydrogen-bond acceptors (Lipinski definition) is 5. The zero-order valence-electron chi connectivity index (χ0n) is 12.5. The molecule has 1 N–H and O–H groups in total. The molecule has 1 unspecified atom stereocenters. The van der Waals surface area contributed by atoms with Crippen LogP contribution in [0.5, 0.6) is 0 Å². The lowest BCUT2D eigenvalue weighted by Crippen LogP contribution is -2.38. The van der Waals surface area contributed by atoms with E-state index in [0.717, 1.165) is 38.3 Å². The Kier molecular flexibility index (Phi) is 4.89. The van der Waals surface area contributed by atoms with Crippen molar-refractivity contribution in [2.24, 2.45) is 0 Å². The van der Waals surface area contributed by atoms with Gasteiger partial charge in [0.05, 0.1) is 0 Å². The normalized spacial score (nSPS) is 18.1. The molecule has 0 radical (unpaired) electrons. The molecular weight excluding hydrogens is 254 g/mol. The van der Waals surface area contributed by atoms with Crippen LogP contribution in [0.25, 0.3) is 0 Å². The van der Waals surface area contributed by atoms with Crippen LogP contribution < -0.4 is 10.2 Å². The maximum absolute atomic E-state index is 11.8. The van der Waals surface area contributed by atoms with E-state index in [1.54, 1.807) is 20.2 Å². The van der Waals surface area contributed by atoms with Crippen LogP contribution in [0.1, 0.15) is 30.3 Å². The summed E-state index contributed by atoms with van der Waals surface area (Å²) in [5.41, 5.74) is 0.389. The Morgan fingerprint density at radius 2 is 2.20 bits per heavy atom. The number of carbonyl (C=O) groups is 1. The highest BCUT2D eigenvalue weighted by Crippen LogP contribution is 2.18. The highest BCUT2D eigenvalue weighted by molar-refractivity contribution is 5.91. The van der Waals surface area contributed by atoms with Gasteiger partial charge in [-0.25, -0.2) is 0 Å². The third kappa shape index (κ3) is 3.25. The molecule has 6 nitrogen and oxygen atoms in total. The number of carbonyl (C=O) groups excluding carboxylic acids is 1. The van der Waals surface area contributed by atoms with Crippen molar-refractivity contribution in [2.45, 2.75) is 25.8 Å². The van der Waals surface area contributed by atoms with Crippen LogP contribution in [0.15, 0.2) is 12.1 Å². The van der Waals surface area contributed by atoms with Crippen molar-refractivity contribution in [3.05, 3.63) is 17.8 Å². The summed E-state index contributed by atoms with van der Waals surface area (Å²) in [5.74, 6) is 0.740. The van der Waals surface area contributed by atoms with Crippen molar-refractivity contribution >= 4 is 11.7 Å². The largest absolute Gasteiger partial charge is 0.351 e. The van der Waals surface area contributed by atoms with Crippen molar-refractivity contribution in [3.63, 3.8) is 0 Å². The monoisotopic (exact) mass is 277 g/mol. The van der Waals surface area contributed by atoms with E-state index < -0.39 is 0 Å². The minimum absolute atomic E-state index is 0.117. The fourth-order valence-corrected chi connectivity index (χ4v) is 2.45. The summed E-state index contributed by atoms with van der Waals surface area (Å²) in [4.78, 5) is 15.6. The van der Waals surface area contributed by atoms with E-state index in [4.69, 9.17) is 0 Å². The molecule has 0 aromatic carbocycles. The molecule has 1 aliphatic heterocycles. The predicted molar refractivity (Wildman–Crippen MR) is 79.0 cm³/mol. The van der Waals surface area contributed by atoms with E-state index in [0.29, 0.717) is 11.7 Å². The van der Waals surface area contributed by atoms with E-state index in [-0.39, 0.29) is 5.91 Å². The Morgan fingerprint density at radius 1 is 1.40 bits per heavy atom. The van der Waals surface area contributed by atoms with Crippen LogP contribution in [0.2, 0.25) is 0 Å². The second-order valence-electron chi connectivity index (χ2n) is 5.32. The van der Waals surface area contributed by atoms with E-state index in [2.05, 4.69) is 27.3 Å². The molecule has 1 aliphatic rings. The molecule has 1 aromatic heterocycles. The van der Waals surface area contributed by atoms with Gasteiger partial charge in [-0.05, 0) is 31.5 Å². The molecular formula is C14H23N5O. The van der Waals surface area contributed by atoms with E-state index >= 15 is 0 Å². The minimum atomic E-state index is -0.117. The van der Waals surface area contributed by atoms with Crippen LogP contribution in [-0.4, -0.2) is 60.8 Å². The van der Waals surface area contributed by atoms with Crippen LogP contribution >= 0.6 is 0 Å². The topological polar surface area (TPSA) is 61.4 Å². The molecule has 6 heteroatoms. The fraction of sp³-hybridized carbons (Fsp3) is 0.643. The standard InChI is InChI=1S/C14H23N5O/c1-4-9-19(11-7-8-15-10-11)13-6-5-12(16-17-13)14(20)18(2)3/h5-6,11,15H,4,7-10H2,1-3H3. The molecule has 20 heavy (non-hydrogen) atoms. The predicted octanol–water partition coefficient (Wildman–Crippen LogP) is 0.757. The van der Waals surface area contributed by atoms with Crippen molar-refractivity contribution in [3.8, 4) is 0 Å². The fourth-order valence-electron chi connectivity index (χ4n) is 2.45. The molecule has 0 bridgehead atoms. The first-order chi connectivity index (χ1) is 9.63. The van der Waals surface area contributed by atoms with Crippen molar-refractivity contribution in [2.75, 3.05) is 38.6 Å². The van der Waals surface area contributed by atoms with Gasteiger partial charge >= 0.3 is 0 Å². The van der Waals surface area contributed by atoms with E-state index in [1.165, 1.54) is 4.90 Å². The molecule has 2 heterocycles. The Balaban J connectivity index is 2.15. The summed E-state index contributed by atoms with van der Waals surface area (Å²) in [6.07, 6.45) is 2.19. The average Bonchev–Trinajstić information content (AvgIpc) is 2.98. The first-order valence-electron chi connectivity index (χ1n) is 7.16. The highest BCUT2D eigenvalue weighted by atomic mass is 16.2. The number of rotatable bonds is 5. The van der Waals surface area contributed by atoms with Gasteiger partial charge in [0.15, 0.2) is 11.5 Å². The number of hydrogen-bond donors (Lipinski definition) is 1. The van der Waals surface area contributed by atoms with Gasteiger partial charge < -0.3 is 15.1 Å². The summed E-state index contributed by atoms with van der Waals surface area (Å²) < 4.78 is 0. The Morgan fingerprint density at radius 3 is 2.70 bits per heavy atom. The van der Waals surface area contributed by atoms with E-state index in [9.17, 15) is 4.79 Å². The zero-order valence-corrected chi connectivity index (χ0v) is 12.5. The summed E-state index contributed by atoms with van der Waals surface area (Å²) in [7, 11) is 3.43. The average molecular weight is 277 g/mol.